The zero-order chi connectivity index (χ0) is 27.5. The number of hydrogen-bond acceptors (Lipinski definition) is 9. The van der Waals surface area contributed by atoms with Gasteiger partial charge in [0, 0.05) is 55.4 Å². The minimum atomic E-state index is -0.748. The average molecular weight is 548 g/mol. The van der Waals surface area contributed by atoms with E-state index >= 15 is 0 Å². The number of fused-ring (bicyclic) bond motifs is 1. The van der Waals surface area contributed by atoms with Gasteiger partial charge in [0.2, 0.25) is 0 Å². The van der Waals surface area contributed by atoms with Crippen LogP contribution in [0.2, 0.25) is 0 Å². The standard InChI is InChI=1S/C28H33N7O3S/c1-5-29-27(37)34-28-33-24-10-20(21-11-31-26(18(4)36)32-12-21)9-22(25(24)39-28)23-8-19(6-7-30-23)14-35-13-17(3)38-15-16(35)2/h6-12,16-18,36H,5,13-15H2,1-4H3,(H2,29,33,34,37). The highest BCUT2D eigenvalue weighted by Gasteiger charge is 2.24. The van der Waals surface area contributed by atoms with E-state index in [1.807, 2.05) is 19.2 Å². The molecule has 10 nitrogen and oxygen atoms in total. The predicted octanol–water partition coefficient (Wildman–Crippen LogP) is 4.62. The average Bonchev–Trinajstić information content (AvgIpc) is 3.32. The van der Waals surface area contributed by atoms with Crippen molar-refractivity contribution < 1.29 is 14.6 Å². The summed E-state index contributed by atoms with van der Waals surface area (Å²) >= 11 is 1.41. The Morgan fingerprint density at radius 1 is 1.21 bits per heavy atom. The first-order valence-corrected chi connectivity index (χ1v) is 13.9. The number of benzene rings is 1. The van der Waals surface area contributed by atoms with Crippen LogP contribution in [0.4, 0.5) is 9.93 Å². The molecular formula is C28H33N7O3S. The van der Waals surface area contributed by atoms with Crippen LogP contribution < -0.4 is 10.6 Å². The van der Waals surface area contributed by atoms with Gasteiger partial charge in [-0.05, 0) is 63.1 Å². The molecule has 0 bridgehead atoms. The van der Waals surface area contributed by atoms with Crippen molar-refractivity contribution in [3.8, 4) is 22.4 Å². The molecule has 4 aromatic rings. The van der Waals surface area contributed by atoms with Crippen LogP contribution in [0.5, 0.6) is 0 Å². The van der Waals surface area contributed by atoms with Gasteiger partial charge in [-0.3, -0.25) is 15.2 Å². The van der Waals surface area contributed by atoms with Crippen molar-refractivity contribution in [2.24, 2.45) is 0 Å². The maximum atomic E-state index is 12.2. The number of nitrogens with zero attached hydrogens (tertiary/aromatic N) is 5. The molecule has 3 unspecified atom stereocenters. The fraction of sp³-hybridized carbons (Fsp3) is 0.393. The van der Waals surface area contributed by atoms with Crippen LogP contribution in [0.1, 0.15) is 45.2 Å². The van der Waals surface area contributed by atoms with Crippen molar-refractivity contribution in [3.63, 3.8) is 0 Å². The number of thiazole rings is 1. The molecule has 1 aliphatic rings. The third-order valence-electron chi connectivity index (χ3n) is 6.65. The predicted molar refractivity (Wildman–Crippen MR) is 152 cm³/mol. The minimum Gasteiger partial charge on any atom is -0.385 e. The highest BCUT2D eigenvalue weighted by atomic mass is 32.1. The van der Waals surface area contributed by atoms with Gasteiger partial charge in [0.05, 0.1) is 28.6 Å². The van der Waals surface area contributed by atoms with Crippen LogP contribution in [0, 0.1) is 0 Å². The van der Waals surface area contributed by atoms with E-state index in [4.69, 9.17) is 14.7 Å². The fourth-order valence-corrected chi connectivity index (χ4v) is 5.56. The number of anilines is 1. The SMILES string of the molecule is CCNC(=O)Nc1nc2cc(-c3cnc(C(C)O)nc3)cc(-c3cc(CN4CC(C)OCC4C)ccn3)c2s1. The Morgan fingerprint density at radius 3 is 2.74 bits per heavy atom. The van der Waals surface area contributed by atoms with Crippen molar-refractivity contribution >= 4 is 32.7 Å². The topological polar surface area (TPSA) is 125 Å². The molecule has 11 heteroatoms. The molecule has 1 aromatic carbocycles. The Labute approximate surface area is 231 Å². The minimum absolute atomic E-state index is 0.203. The molecule has 3 N–H and O–H groups in total. The maximum absolute atomic E-state index is 12.2. The third-order valence-corrected chi connectivity index (χ3v) is 7.67. The lowest BCUT2D eigenvalue weighted by Crippen LogP contribution is -2.46. The number of ether oxygens (including phenoxy) is 1. The van der Waals surface area contributed by atoms with E-state index in [1.165, 1.54) is 11.3 Å². The first kappa shape index (κ1) is 27.1. The number of aromatic nitrogens is 4. The second-order valence-electron chi connectivity index (χ2n) is 9.85. The van der Waals surface area contributed by atoms with Gasteiger partial charge in [0.15, 0.2) is 11.0 Å². The van der Waals surface area contributed by atoms with Gasteiger partial charge in [0.25, 0.3) is 0 Å². The van der Waals surface area contributed by atoms with Crippen molar-refractivity contribution in [2.45, 2.75) is 52.5 Å². The van der Waals surface area contributed by atoms with Crippen LogP contribution in [0.15, 0.2) is 42.9 Å². The summed E-state index contributed by atoms with van der Waals surface area (Å²) in [5.74, 6) is 0.364. The second kappa shape index (κ2) is 11.7. The number of carbonyl (C=O) groups excluding carboxylic acids is 1. The fourth-order valence-electron chi connectivity index (χ4n) is 4.59. The summed E-state index contributed by atoms with van der Waals surface area (Å²) in [4.78, 5) is 32.7. The lowest BCUT2D eigenvalue weighted by Gasteiger charge is -2.36. The largest absolute Gasteiger partial charge is 0.385 e. The molecule has 3 atom stereocenters. The van der Waals surface area contributed by atoms with Gasteiger partial charge in [-0.2, -0.15) is 0 Å². The molecule has 4 heterocycles. The van der Waals surface area contributed by atoms with Gasteiger partial charge < -0.3 is 15.2 Å². The molecule has 0 aliphatic carbocycles. The van der Waals surface area contributed by atoms with Crippen LogP contribution in [0.3, 0.4) is 0 Å². The number of hydrogen-bond donors (Lipinski definition) is 3. The molecule has 204 valence electrons. The Bertz CT molecular complexity index is 1460. The van der Waals surface area contributed by atoms with Crippen molar-refractivity contribution in [3.05, 3.63) is 54.2 Å². The van der Waals surface area contributed by atoms with Gasteiger partial charge >= 0.3 is 6.03 Å². The Kier molecular flexibility index (Phi) is 8.12. The summed E-state index contributed by atoms with van der Waals surface area (Å²) in [6, 6.07) is 8.22. The van der Waals surface area contributed by atoms with E-state index in [0.717, 1.165) is 57.9 Å². The maximum Gasteiger partial charge on any atom is 0.321 e. The van der Waals surface area contributed by atoms with E-state index in [9.17, 15) is 9.90 Å². The summed E-state index contributed by atoms with van der Waals surface area (Å²) in [5.41, 5.74) is 5.29. The Hall–Kier alpha value is -3.51. The zero-order valence-corrected chi connectivity index (χ0v) is 23.3. The number of nitrogens with one attached hydrogen (secondary N) is 2. The van der Waals surface area contributed by atoms with E-state index in [0.29, 0.717) is 23.5 Å². The molecule has 3 aromatic heterocycles. The zero-order valence-electron chi connectivity index (χ0n) is 22.5. The molecule has 0 radical (unpaired) electrons. The van der Waals surface area contributed by atoms with Crippen LogP contribution in [0.25, 0.3) is 32.6 Å². The number of pyridine rings is 1. The van der Waals surface area contributed by atoms with Gasteiger partial charge in [-0.15, -0.1) is 0 Å². The molecule has 1 fully saturated rings. The molecular weight excluding hydrogens is 514 g/mol. The molecule has 0 spiro atoms. The summed E-state index contributed by atoms with van der Waals surface area (Å²) in [5, 5.41) is 15.9. The van der Waals surface area contributed by atoms with Crippen LogP contribution in [-0.4, -0.2) is 67.8 Å². The van der Waals surface area contributed by atoms with Gasteiger partial charge in [0.1, 0.15) is 6.10 Å². The van der Waals surface area contributed by atoms with E-state index in [-0.39, 0.29) is 12.1 Å². The molecule has 0 saturated carbocycles. The number of amides is 2. The van der Waals surface area contributed by atoms with E-state index in [2.05, 4.69) is 57.5 Å². The number of carbonyl (C=O) groups is 1. The van der Waals surface area contributed by atoms with E-state index in [1.54, 1.807) is 19.3 Å². The summed E-state index contributed by atoms with van der Waals surface area (Å²) in [7, 11) is 0. The lowest BCUT2D eigenvalue weighted by molar-refractivity contribution is -0.0526. The highest BCUT2D eigenvalue weighted by Crippen LogP contribution is 2.38. The highest BCUT2D eigenvalue weighted by molar-refractivity contribution is 7.22. The molecule has 1 saturated heterocycles. The Balaban J connectivity index is 1.55. The quantitative estimate of drug-likeness (QED) is 0.306. The number of morpholine rings is 1. The van der Waals surface area contributed by atoms with Crippen LogP contribution in [-0.2, 0) is 11.3 Å². The Morgan fingerprint density at radius 2 is 2.00 bits per heavy atom. The second-order valence-corrected chi connectivity index (χ2v) is 10.9. The number of urea groups is 1. The normalized spacial score (nSPS) is 18.7. The number of aliphatic hydroxyl groups excluding tert-OH is 1. The molecule has 5 rings (SSSR count). The number of rotatable bonds is 7. The molecule has 1 aliphatic heterocycles. The lowest BCUT2D eigenvalue weighted by atomic mass is 10.0. The molecule has 2 amide bonds. The van der Waals surface area contributed by atoms with Gasteiger partial charge in [-0.1, -0.05) is 11.3 Å². The summed E-state index contributed by atoms with van der Waals surface area (Å²) in [6.45, 7) is 10.7. The third kappa shape index (κ3) is 6.22. The first-order chi connectivity index (χ1) is 18.8. The van der Waals surface area contributed by atoms with Gasteiger partial charge in [-0.25, -0.2) is 19.7 Å². The monoisotopic (exact) mass is 547 g/mol. The summed E-state index contributed by atoms with van der Waals surface area (Å²) in [6.07, 6.45) is 4.69. The van der Waals surface area contributed by atoms with Crippen molar-refractivity contribution in [1.82, 2.24) is 30.2 Å². The smallest absolute Gasteiger partial charge is 0.321 e. The van der Waals surface area contributed by atoms with Crippen molar-refractivity contribution in [2.75, 3.05) is 25.0 Å². The number of aliphatic hydroxyl groups is 1. The summed E-state index contributed by atoms with van der Waals surface area (Å²) < 4.78 is 6.72. The van der Waals surface area contributed by atoms with Crippen molar-refractivity contribution in [1.29, 1.82) is 0 Å². The van der Waals surface area contributed by atoms with Crippen LogP contribution >= 0.6 is 11.3 Å². The first-order valence-electron chi connectivity index (χ1n) is 13.1. The molecule has 39 heavy (non-hydrogen) atoms. The van der Waals surface area contributed by atoms with E-state index < -0.39 is 6.10 Å².